The van der Waals surface area contributed by atoms with Crippen LogP contribution in [0, 0.1) is 5.92 Å². The molecule has 0 aliphatic carbocycles. The van der Waals surface area contributed by atoms with Crippen LogP contribution in [0.25, 0.3) is 0 Å². The number of aryl methyl sites for hydroxylation is 1. The number of carbonyl (C=O) groups excluding carboxylic acids is 1. The van der Waals surface area contributed by atoms with E-state index in [1.807, 2.05) is 18.2 Å². The third kappa shape index (κ3) is 4.57. The van der Waals surface area contributed by atoms with Crippen molar-refractivity contribution in [3.8, 4) is 0 Å². The minimum atomic E-state index is 0.312. The third-order valence-electron chi connectivity index (χ3n) is 4.55. The minimum absolute atomic E-state index is 0.312. The van der Waals surface area contributed by atoms with Gasteiger partial charge in [0.05, 0.1) is 0 Å². The smallest absolute Gasteiger partial charge is 0.222 e. The summed E-state index contributed by atoms with van der Waals surface area (Å²) >= 11 is 0. The molecule has 1 fully saturated rings. The van der Waals surface area contributed by atoms with Gasteiger partial charge in [-0.3, -0.25) is 4.79 Å². The Bertz CT molecular complexity index is 432. The molecule has 116 valence electrons. The zero-order valence-corrected chi connectivity index (χ0v) is 13.3. The zero-order valence-electron chi connectivity index (χ0n) is 13.3. The van der Waals surface area contributed by atoms with Crippen LogP contribution in [0.5, 0.6) is 0 Å². The van der Waals surface area contributed by atoms with Gasteiger partial charge in [0, 0.05) is 25.6 Å². The number of nitrogens with zero attached hydrogens (tertiary/aromatic N) is 1. The second-order valence-electron chi connectivity index (χ2n) is 5.95. The molecule has 1 N–H and O–H groups in total. The molecule has 0 radical (unpaired) electrons. The summed E-state index contributed by atoms with van der Waals surface area (Å²) in [6.45, 7) is 7.23. The number of nitrogens with one attached hydrogen (secondary N) is 1. The van der Waals surface area contributed by atoms with Crippen LogP contribution in [0.1, 0.15) is 38.7 Å². The minimum Gasteiger partial charge on any atom is -0.342 e. The van der Waals surface area contributed by atoms with E-state index >= 15 is 0 Å². The van der Waals surface area contributed by atoms with Gasteiger partial charge in [0.25, 0.3) is 0 Å². The van der Waals surface area contributed by atoms with Crippen molar-refractivity contribution in [1.29, 1.82) is 0 Å². The van der Waals surface area contributed by atoms with Gasteiger partial charge >= 0.3 is 0 Å². The lowest BCUT2D eigenvalue weighted by Gasteiger charge is -2.38. The first-order chi connectivity index (χ1) is 10.2. The molecule has 3 heteroatoms. The predicted octanol–water partition coefficient (Wildman–Crippen LogP) is 2.86. The van der Waals surface area contributed by atoms with E-state index in [1.54, 1.807) is 0 Å². The van der Waals surface area contributed by atoms with E-state index < -0.39 is 0 Å². The Morgan fingerprint density at radius 3 is 2.71 bits per heavy atom. The lowest BCUT2D eigenvalue weighted by Crippen LogP contribution is -2.50. The fraction of sp³-hybridized carbons (Fsp3) is 0.611. The monoisotopic (exact) mass is 288 g/mol. The average Bonchev–Trinajstić information content (AvgIpc) is 2.54. The van der Waals surface area contributed by atoms with Crippen molar-refractivity contribution in [1.82, 2.24) is 10.2 Å². The summed E-state index contributed by atoms with van der Waals surface area (Å²) in [7, 11) is 0. The van der Waals surface area contributed by atoms with E-state index in [0.717, 1.165) is 38.9 Å². The van der Waals surface area contributed by atoms with E-state index in [4.69, 9.17) is 0 Å². The molecule has 1 heterocycles. The summed E-state index contributed by atoms with van der Waals surface area (Å²) in [5, 5.41) is 3.56. The van der Waals surface area contributed by atoms with Crippen molar-refractivity contribution in [3.63, 3.8) is 0 Å². The van der Waals surface area contributed by atoms with Gasteiger partial charge in [0.2, 0.25) is 5.91 Å². The highest BCUT2D eigenvalue weighted by Crippen LogP contribution is 2.21. The molecule has 0 spiro atoms. The molecule has 21 heavy (non-hydrogen) atoms. The molecule has 2 atom stereocenters. The average molecular weight is 288 g/mol. The Hall–Kier alpha value is -1.35. The quantitative estimate of drug-likeness (QED) is 0.873. The summed E-state index contributed by atoms with van der Waals surface area (Å²) in [5.74, 6) is 0.909. The number of piperidine rings is 1. The van der Waals surface area contributed by atoms with Gasteiger partial charge in [0.1, 0.15) is 0 Å². The van der Waals surface area contributed by atoms with Gasteiger partial charge in [0.15, 0.2) is 0 Å². The lowest BCUT2D eigenvalue weighted by atomic mass is 9.89. The van der Waals surface area contributed by atoms with Crippen molar-refractivity contribution in [3.05, 3.63) is 35.9 Å². The van der Waals surface area contributed by atoms with Crippen molar-refractivity contribution < 1.29 is 4.79 Å². The van der Waals surface area contributed by atoms with Crippen LogP contribution >= 0.6 is 0 Å². The molecule has 1 aliphatic heterocycles. The van der Waals surface area contributed by atoms with Crippen LogP contribution in [0.3, 0.4) is 0 Å². The molecule has 2 rings (SSSR count). The number of hydrogen-bond donors (Lipinski definition) is 1. The molecular formula is C18H28N2O. The fourth-order valence-electron chi connectivity index (χ4n) is 3.26. The maximum Gasteiger partial charge on any atom is 0.222 e. The fourth-order valence-corrected chi connectivity index (χ4v) is 3.26. The van der Waals surface area contributed by atoms with Gasteiger partial charge < -0.3 is 10.2 Å². The van der Waals surface area contributed by atoms with E-state index in [0.29, 0.717) is 24.3 Å². The summed E-state index contributed by atoms with van der Waals surface area (Å²) in [5.41, 5.74) is 1.25. The number of amides is 1. The van der Waals surface area contributed by atoms with Crippen LogP contribution in [-0.2, 0) is 11.2 Å². The first-order valence-electron chi connectivity index (χ1n) is 8.29. The van der Waals surface area contributed by atoms with Crippen LogP contribution in [0.15, 0.2) is 30.3 Å². The highest BCUT2D eigenvalue weighted by Gasteiger charge is 2.29. The van der Waals surface area contributed by atoms with Crippen LogP contribution in [0.4, 0.5) is 0 Å². The molecule has 0 saturated carbocycles. The van der Waals surface area contributed by atoms with Gasteiger partial charge in [-0.1, -0.05) is 50.6 Å². The first-order valence-corrected chi connectivity index (χ1v) is 8.29. The summed E-state index contributed by atoms with van der Waals surface area (Å²) < 4.78 is 0. The molecule has 3 nitrogen and oxygen atoms in total. The molecule has 1 saturated heterocycles. The Kier molecular flexibility index (Phi) is 6.24. The topological polar surface area (TPSA) is 32.3 Å². The Labute approximate surface area is 128 Å². The van der Waals surface area contributed by atoms with Gasteiger partial charge in [-0.05, 0) is 30.9 Å². The largest absolute Gasteiger partial charge is 0.342 e. The van der Waals surface area contributed by atoms with Crippen molar-refractivity contribution in [2.75, 3.05) is 19.6 Å². The highest BCUT2D eigenvalue weighted by molar-refractivity contribution is 5.76. The number of likely N-dealkylation sites (tertiary alicyclic amines) is 1. The molecule has 1 aliphatic rings. The SMILES string of the molecule is CCNC1CCN(C(=O)CCc2ccccc2)CC1CC. The summed E-state index contributed by atoms with van der Waals surface area (Å²) in [6, 6.07) is 10.9. The summed E-state index contributed by atoms with van der Waals surface area (Å²) in [4.78, 5) is 14.5. The van der Waals surface area contributed by atoms with E-state index in [2.05, 4.69) is 36.2 Å². The van der Waals surface area contributed by atoms with Crippen molar-refractivity contribution in [2.45, 2.75) is 45.6 Å². The Morgan fingerprint density at radius 1 is 1.29 bits per heavy atom. The third-order valence-corrected chi connectivity index (χ3v) is 4.55. The van der Waals surface area contributed by atoms with Crippen LogP contribution in [-0.4, -0.2) is 36.5 Å². The number of carbonyl (C=O) groups is 1. The predicted molar refractivity (Wildman–Crippen MR) is 87.2 cm³/mol. The number of benzene rings is 1. The second-order valence-corrected chi connectivity index (χ2v) is 5.95. The van der Waals surface area contributed by atoms with E-state index in [9.17, 15) is 4.79 Å². The zero-order chi connectivity index (χ0) is 15.1. The summed E-state index contributed by atoms with van der Waals surface area (Å²) in [6.07, 6.45) is 3.71. The molecule has 1 aromatic carbocycles. The maximum absolute atomic E-state index is 12.4. The molecule has 1 amide bonds. The molecule has 1 aromatic rings. The molecule has 0 bridgehead atoms. The molecule has 0 aromatic heterocycles. The van der Waals surface area contributed by atoms with E-state index in [-0.39, 0.29) is 0 Å². The molecule has 2 unspecified atom stereocenters. The van der Waals surface area contributed by atoms with E-state index in [1.165, 1.54) is 5.56 Å². The first kappa shape index (κ1) is 16.0. The highest BCUT2D eigenvalue weighted by atomic mass is 16.2. The van der Waals surface area contributed by atoms with Crippen molar-refractivity contribution in [2.24, 2.45) is 5.92 Å². The number of hydrogen-bond acceptors (Lipinski definition) is 2. The van der Waals surface area contributed by atoms with Crippen molar-refractivity contribution >= 4 is 5.91 Å². The van der Waals surface area contributed by atoms with Crippen LogP contribution < -0.4 is 5.32 Å². The standard InChI is InChI=1S/C18H28N2O/c1-3-16-14-20(13-12-17(16)19-4-2)18(21)11-10-15-8-6-5-7-9-15/h5-9,16-17,19H,3-4,10-14H2,1-2H3. The Morgan fingerprint density at radius 2 is 2.05 bits per heavy atom. The van der Waals surface area contributed by atoms with Gasteiger partial charge in [-0.15, -0.1) is 0 Å². The maximum atomic E-state index is 12.4. The van der Waals surface area contributed by atoms with Crippen LogP contribution in [0.2, 0.25) is 0 Å². The Balaban J connectivity index is 1.83. The lowest BCUT2D eigenvalue weighted by molar-refractivity contribution is -0.133. The van der Waals surface area contributed by atoms with Gasteiger partial charge in [-0.25, -0.2) is 0 Å². The number of rotatable bonds is 6. The van der Waals surface area contributed by atoms with Gasteiger partial charge in [-0.2, -0.15) is 0 Å². The molecular weight excluding hydrogens is 260 g/mol. The normalized spacial score (nSPS) is 22.3. The second kappa shape index (κ2) is 8.18.